The fraction of sp³-hybridized carbons (Fsp3) is 0.214. The molecule has 2 aromatic heterocycles. The van der Waals surface area contributed by atoms with E-state index < -0.39 is 5.97 Å². The molecule has 0 spiro atoms. The fourth-order valence-electron chi connectivity index (χ4n) is 2.36. The van der Waals surface area contributed by atoms with Crippen LogP contribution in [0, 0.1) is 6.92 Å². The van der Waals surface area contributed by atoms with Gasteiger partial charge in [0.05, 0.1) is 29.6 Å². The minimum Gasteiger partial charge on any atom is -0.478 e. The zero-order chi connectivity index (χ0) is 14.3. The van der Waals surface area contributed by atoms with Crippen LogP contribution in [0.4, 0.5) is 0 Å². The van der Waals surface area contributed by atoms with Gasteiger partial charge in [0.25, 0.3) is 0 Å². The lowest BCUT2D eigenvalue weighted by molar-refractivity contribution is 0.0696. The van der Waals surface area contributed by atoms with Gasteiger partial charge in [0.1, 0.15) is 5.56 Å². The van der Waals surface area contributed by atoms with Gasteiger partial charge in [0, 0.05) is 12.4 Å². The summed E-state index contributed by atoms with van der Waals surface area (Å²) in [5.41, 5.74) is 2.79. The molecular formula is C14H14N4O2. The molecule has 0 saturated carbocycles. The molecule has 2 heterocycles. The van der Waals surface area contributed by atoms with Gasteiger partial charge < -0.3 is 5.11 Å². The predicted octanol–water partition coefficient (Wildman–Crippen LogP) is 1.82. The van der Waals surface area contributed by atoms with Crippen molar-refractivity contribution in [1.29, 1.82) is 0 Å². The van der Waals surface area contributed by atoms with Crippen LogP contribution in [0.25, 0.3) is 10.9 Å². The standard InChI is InChI=1S/C14H14N4O2/c1-9-11(14(19)20)7-15-18(9)8-12-10-5-3-4-6-13(10)17(2)16-12/h3-7H,8H2,1-2H3,(H,19,20). The molecule has 0 aliphatic rings. The number of aromatic nitrogens is 4. The summed E-state index contributed by atoms with van der Waals surface area (Å²) in [5, 5.41) is 18.7. The van der Waals surface area contributed by atoms with E-state index in [1.807, 2.05) is 36.0 Å². The number of hydrogen-bond acceptors (Lipinski definition) is 3. The second kappa shape index (κ2) is 4.48. The van der Waals surface area contributed by atoms with Crippen LogP contribution < -0.4 is 0 Å². The summed E-state index contributed by atoms with van der Waals surface area (Å²) in [6.07, 6.45) is 1.38. The summed E-state index contributed by atoms with van der Waals surface area (Å²) in [7, 11) is 1.89. The number of rotatable bonds is 3. The SMILES string of the molecule is Cc1c(C(=O)O)cnn1Cc1nn(C)c2ccccc12. The Hall–Kier alpha value is -2.63. The average molecular weight is 270 g/mol. The van der Waals surface area contributed by atoms with E-state index in [1.54, 1.807) is 11.6 Å². The molecule has 20 heavy (non-hydrogen) atoms. The molecule has 6 nitrogen and oxygen atoms in total. The van der Waals surface area contributed by atoms with Gasteiger partial charge in [0.15, 0.2) is 0 Å². The molecule has 1 aromatic carbocycles. The Balaban J connectivity index is 2.04. The monoisotopic (exact) mass is 270 g/mol. The van der Waals surface area contributed by atoms with Crippen LogP contribution in [0.2, 0.25) is 0 Å². The van der Waals surface area contributed by atoms with E-state index in [1.165, 1.54) is 6.20 Å². The van der Waals surface area contributed by atoms with Crippen molar-refractivity contribution in [2.24, 2.45) is 7.05 Å². The van der Waals surface area contributed by atoms with E-state index >= 15 is 0 Å². The Morgan fingerprint density at radius 3 is 2.80 bits per heavy atom. The third-order valence-corrected chi connectivity index (χ3v) is 3.47. The minimum atomic E-state index is -0.959. The highest BCUT2D eigenvalue weighted by atomic mass is 16.4. The van der Waals surface area contributed by atoms with Crippen LogP contribution in [-0.4, -0.2) is 30.6 Å². The first-order chi connectivity index (χ1) is 9.58. The fourth-order valence-corrected chi connectivity index (χ4v) is 2.36. The highest BCUT2D eigenvalue weighted by molar-refractivity contribution is 5.88. The molecule has 3 rings (SSSR count). The van der Waals surface area contributed by atoms with Crippen molar-refractivity contribution in [3.05, 3.63) is 47.4 Å². The van der Waals surface area contributed by atoms with Crippen molar-refractivity contribution >= 4 is 16.9 Å². The van der Waals surface area contributed by atoms with E-state index in [-0.39, 0.29) is 5.56 Å². The number of fused-ring (bicyclic) bond motifs is 1. The first-order valence-corrected chi connectivity index (χ1v) is 6.24. The van der Waals surface area contributed by atoms with E-state index in [2.05, 4.69) is 10.2 Å². The first-order valence-electron chi connectivity index (χ1n) is 6.24. The van der Waals surface area contributed by atoms with E-state index in [0.717, 1.165) is 16.6 Å². The zero-order valence-electron chi connectivity index (χ0n) is 11.2. The largest absolute Gasteiger partial charge is 0.478 e. The Labute approximate surface area is 115 Å². The number of hydrogen-bond donors (Lipinski definition) is 1. The molecule has 0 bridgehead atoms. The first kappa shape index (κ1) is 12.4. The number of aryl methyl sites for hydroxylation is 1. The van der Waals surface area contributed by atoms with E-state index in [4.69, 9.17) is 5.11 Å². The van der Waals surface area contributed by atoms with Gasteiger partial charge in [-0.15, -0.1) is 0 Å². The highest BCUT2D eigenvalue weighted by Crippen LogP contribution is 2.19. The summed E-state index contributed by atoms with van der Waals surface area (Å²) >= 11 is 0. The minimum absolute atomic E-state index is 0.227. The third kappa shape index (κ3) is 1.85. The number of nitrogens with zero attached hydrogens (tertiary/aromatic N) is 4. The number of carboxylic acids is 1. The van der Waals surface area contributed by atoms with Crippen LogP contribution in [0.3, 0.4) is 0 Å². The summed E-state index contributed by atoms with van der Waals surface area (Å²) in [6, 6.07) is 7.95. The van der Waals surface area contributed by atoms with E-state index in [0.29, 0.717) is 12.2 Å². The van der Waals surface area contributed by atoms with Gasteiger partial charge in [0.2, 0.25) is 0 Å². The number of aromatic carboxylic acids is 1. The van der Waals surface area contributed by atoms with Gasteiger partial charge in [-0.05, 0) is 13.0 Å². The van der Waals surface area contributed by atoms with Crippen molar-refractivity contribution in [2.45, 2.75) is 13.5 Å². The second-order valence-corrected chi connectivity index (χ2v) is 4.69. The maximum Gasteiger partial charge on any atom is 0.339 e. The number of para-hydroxylation sites is 1. The molecule has 0 aliphatic heterocycles. The smallest absolute Gasteiger partial charge is 0.339 e. The van der Waals surface area contributed by atoms with E-state index in [9.17, 15) is 4.79 Å². The molecule has 0 aliphatic carbocycles. The van der Waals surface area contributed by atoms with Gasteiger partial charge >= 0.3 is 5.97 Å². The molecule has 3 aromatic rings. The number of benzene rings is 1. The van der Waals surface area contributed by atoms with Crippen molar-refractivity contribution in [1.82, 2.24) is 19.6 Å². The maximum atomic E-state index is 11.0. The molecule has 0 amide bonds. The summed E-state index contributed by atoms with van der Waals surface area (Å²) < 4.78 is 3.49. The van der Waals surface area contributed by atoms with Crippen LogP contribution >= 0.6 is 0 Å². The topological polar surface area (TPSA) is 72.9 Å². The van der Waals surface area contributed by atoms with Crippen LogP contribution in [-0.2, 0) is 13.6 Å². The molecule has 0 saturated heterocycles. The quantitative estimate of drug-likeness (QED) is 0.788. The van der Waals surface area contributed by atoms with Crippen molar-refractivity contribution in [3.8, 4) is 0 Å². The average Bonchev–Trinajstić information content (AvgIpc) is 2.93. The molecule has 6 heteroatoms. The Morgan fingerprint density at radius 1 is 1.35 bits per heavy atom. The number of carbonyl (C=O) groups is 1. The molecule has 0 unspecified atom stereocenters. The molecule has 0 fully saturated rings. The molecule has 0 atom stereocenters. The highest BCUT2D eigenvalue weighted by Gasteiger charge is 2.15. The van der Waals surface area contributed by atoms with Crippen molar-refractivity contribution < 1.29 is 9.90 Å². The molecule has 0 radical (unpaired) electrons. The number of carboxylic acid groups (broad SMARTS) is 1. The van der Waals surface area contributed by atoms with Crippen LogP contribution in [0.15, 0.2) is 30.5 Å². The van der Waals surface area contributed by atoms with Gasteiger partial charge in [-0.2, -0.15) is 10.2 Å². The predicted molar refractivity (Wildman–Crippen MR) is 73.7 cm³/mol. The second-order valence-electron chi connectivity index (χ2n) is 4.69. The molecule has 102 valence electrons. The normalized spacial score (nSPS) is 11.1. The lowest BCUT2D eigenvalue weighted by Gasteiger charge is -2.02. The van der Waals surface area contributed by atoms with Crippen LogP contribution in [0.1, 0.15) is 21.7 Å². The molecular weight excluding hydrogens is 256 g/mol. The van der Waals surface area contributed by atoms with Crippen molar-refractivity contribution in [3.63, 3.8) is 0 Å². The summed E-state index contributed by atoms with van der Waals surface area (Å²) in [4.78, 5) is 11.0. The molecule has 1 N–H and O–H groups in total. The Morgan fingerprint density at radius 2 is 2.10 bits per heavy atom. The summed E-state index contributed by atoms with van der Waals surface area (Å²) in [5.74, 6) is -0.959. The zero-order valence-corrected chi connectivity index (χ0v) is 11.2. The lowest BCUT2D eigenvalue weighted by Crippen LogP contribution is -2.07. The third-order valence-electron chi connectivity index (χ3n) is 3.47. The van der Waals surface area contributed by atoms with Crippen molar-refractivity contribution in [2.75, 3.05) is 0 Å². The van der Waals surface area contributed by atoms with Gasteiger partial charge in [-0.3, -0.25) is 9.36 Å². The Bertz CT molecular complexity index is 801. The van der Waals surface area contributed by atoms with Gasteiger partial charge in [-0.1, -0.05) is 18.2 Å². The maximum absolute atomic E-state index is 11.0. The lowest BCUT2D eigenvalue weighted by atomic mass is 10.2. The van der Waals surface area contributed by atoms with Crippen LogP contribution in [0.5, 0.6) is 0 Å². The van der Waals surface area contributed by atoms with Gasteiger partial charge in [-0.25, -0.2) is 4.79 Å². The Kier molecular flexibility index (Phi) is 2.78. The summed E-state index contributed by atoms with van der Waals surface area (Å²) in [6.45, 7) is 2.21.